The number of fused-ring (bicyclic) bond motifs is 3. The summed E-state index contributed by atoms with van der Waals surface area (Å²) in [4.78, 5) is 19.5. The third-order valence-electron chi connectivity index (χ3n) is 7.11. The van der Waals surface area contributed by atoms with Crippen molar-refractivity contribution in [3.8, 4) is 0 Å². The summed E-state index contributed by atoms with van der Waals surface area (Å²) >= 11 is 0. The summed E-state index contributed by atoms with van der Waals surface area (Å²) in [6.45, 7) is 4.63. The average Bonchev–Trinajstić information content (AvgIpc) is 3.28. The fourth-order valence-electron chi connectivity index (χ4n) is 5.94. The molecule has 0 spiro atoms. The lowest BCUT2D eigenvalue weighted by Crippen LogP contribution is -2.51. The zero-order chi connectivity index (χ0) is 18.2. The van der Waals surface area contributed by atoms with Crippen molar-refractivity contribution in [1.82, 2.24) is 9.47 Å². The number of piperidine rings is 1. The lowest BCUT2D eigenvalue weighted by atomic mass is 9.66. The number of carbonyl (C=O) groups is 1. The maximum atomic E-state index is 11.8. The van der Waals surface area contributed by atoms with E-state index in [4.69, 9.17) is 4.84 Å². The third kappa shape index (κ3) is 1.93. The third-order valence-corrected chi connectivity index (χ3v) is 7.11. The molecule has 0 bridgehead atoms. The van der Waals surface area contributed by atoms with Crippen molar-refractivity contribution in [3.05, 3.63) is 41.6 Å². The van der Waals surface area contributed by atoms with Crippen LogP contribution >= 0.6 is 0 Å². The summed E-state index contributed by atoms with van der Waals surface area (Å²) in [6, 6.07) is 9.11. The monoisotopic (exact) mass is 361 g/mol. The molecule has 4 aliphatic rings. The van der Waals surface area contributed by atoms with E-state index in [1.807, 2.05) is 0 Å². The predicted molar refractivity (Wildman–Crippen MR) is 104 cm³/mol. The Morgan fingerprint density at radius 2 is 2.19 bits per heavy atom. The highest BCUT2D eigenvalue weighted by atomic mass is 16.7. The molecule has 0 amide bonds. The second-order valence-corrected chi connectivity index (χ2v) is 8.30. The molecule has 27 heavy (non-hydrogen) atoms. The molecule has 0 unspecified atom stereocenters. The zero-order valence-electron chi connectivity index (χ0n) is 15.6. The van der Waals surface area contributed by atoms with Crippen LogP contribution in [0.3, 0.4) is 0 Å². The van der Waals surface area contributed by atoms with Crippen molar-refractivity contribution in [3.63, 3.8) is 0 Å². The lowest BCUT2D eigenvalue weighted by Gasteiger charge is -2.53. The molecule has 1 aromatic carbocycles. The first-order valence-corrected chi connectivity index (χ1v) is 10.1. The van der Waals surface area contributed by atoms with Gasteiger partial charge >= 0.3 is 5.97 Å². The fourth-order valence-corrected chi connectivity index (χ4v) is 5.94. The molecule has 138 valence electrons. The Kier molecular flexibility index (Phi) is 3.08. The standard InChI is InChI=1S/C22H23N3O2/c1-2-22-9-5-10-24-11-8-15-14-6-3-4-7-17(14)25(20(15)21(22)24)18(13-22)16-12-19(26)27-23-16/h3-4,6-7,13,21H,2,5,8-12H2,1H3/t21-,22+/m1/s1. The van der Waals surface area contributed by atoms with Crippen LogP contribution in [0.5, 0.6) is 0 Å². The maximum Gasteiger partial charge on any atom is 0.341 e. The molecule has 0 aliphatic carbocycles. The number of rotatable bonds is 2. The van der Waals surface area contributed by atoms with Crippen LogP contribution in [0, 0.1) is 5.41 Å². The Balaban J connectivity index is 1.70. The number of benzene rings is 1. The summed E-state index contributed by atoms with van der Waals surface area (Å²) in [7, 11) is 0. The topological polar surface area (TPSA) is 46.8 Å². The molecule has 5 nitrogen and oxygen atoms in total. The molecular weight excluding hydrogens is 338 g/mol. The van der Waals surface area contributed by atoms with E-state index in [9.17, 15) is 4.79 Å². The molecule has 5 heteroatoms. The normalized spacial score (nSPS) is 29.4. The highest BCUT2D eigenvalue weighted by Gasteiger charge is 2.51. The number of para-hydroxylation sites is 1. The van der Waals surface area contributed by atoms with Crippen LogP contribution in [-0.4, -0.2) is 34.2 Å². The van der Waals surface area contributed by atoms with Crippen molar-refractivity contribution in [2.75, 3.05) is 13.1 Å². The first kappa shape index (κ1) is 15.6. The number of hydrogen-bond acceptors (Lipinski definition) is 4. The zero-order valence-corrected chi connectivity index (χ0v) is 15.6. The van der Waals surface area contributed by atoms with E-state index >= 15 is 0 Å². The predicted octanol–water partition coefficient (Wildman–Crippen LogP) is 3.89. The number of allylic oxidation sites excluding steroid dienone is 1. The van der Waals surface area contributed by atoms with Gasteiger partial charge in [-0.1, -0.05) is 36.4 Å². The first-order chi connectivity index (χ1) is 13.2. The number of carbonyl (C=O) groups excluding carboxylic acids is 1. The van der Waals surface area contributed by atoms with Gasteiger partial charge in [-0.3, -0.25) is 4.90 Å². The Hall–Kier alpha value is -2.40. The molecule has 0 N–H and O–H groups in total. The number of oxime groups is 1. The van der Waals surface area contributed by atoms with Gasteiger partial charge in [0.15, 0.2) is 0 Å². The van der Waals surface area contributed by atoms with Crippen molar-refractivity contribution in [2.24, 2.45) is 10.6 Å². The van der Waals surface area contributed by atoms with E-state index in [1.165, 1.54) is 41.5 Å². The number of nitrogens with zero attached hydrogens (tertiary/aromatic N) is 3. The van der Waals surface area contributed by atoms with Gasteiger partial charge in [0, 0.05) is 23.0 Å². The SMILES string of the molecule is CC[C@@]12C=C(C3=NOC(=O)C3)n3c4c(c5ccccc53)CCN(CCC1)[C@H]42. The summed E-state index contributed by atoms with van der Waals surface area (Å²) in [5, 5.41) is 5.51. The van der Waals surface area contributed by atoms with Gasteiger partial charge in [0.05, 0.1) is 23.7 Å². The Bertz CT molecular complexity index is 1050. The summed E-state index contributed by atoms with van der Waals surface area (Å²) < 4.78 is 2.39. The van der Waals surface area contributed by atoms with Crippen LogP contribution in [0.15, 0.2) is 35.5 Å². The summed E-state index contributed by atoms with van der Waals surface area (Å²) in [5.41, 5.74) is 6.11. The quantitative estimate of drug-likeness (QED) is 0.763. The molecule has 4 aliphatic heterocycles. The van der Waals surface area contributed by atoms with Gasteiger partial charge in [-0.25, -0.2) is 4.79 Å². The molecule has 1 saturated heterocycles. The molecule has 2 atom stereocenters. The van der Waals surface area contributed by atoms with Crippen LogP contribution in [0.1, 0.15) is 49.9 Å². The van der Waals surface area contributed by atoms with Crippen LogP contribution < -0.4 is 0 Å². The molecule has 1 aromatic heterocycles. The van der Waals surface area contributed by atoms with E-state index in [1.54, 1.807) is 0 Å². The highest BCUT2D eigenvalue weighted by molar-refractivity contribution is 6.26. The molecule has 1 fully saturated rings. The average molecular weight is 361 g/mol. The molecule has 0 radical (unpaired) electrons. The van der Waals surface area contributed by atoms with Gasteiger partial charge in [-0.05, 0) is 43.9 Å². The smallest absolute Gasteiger partial charge is 0.317 e. The minimum atomic E-state index is -0.255. The van der Waals surface area contributed by atoms with E-state index in [0.717, 1.165) is 30.8 Å². The van der Waals surface area contributed by atoms with Crippen molar-refractivity contribution >= 4 is 28.3 Å². The van der Waals surface area contributed by atoms with Crippen LogP contribution in [-0.2, 0) is 16.1 Å². The van der Waals surface area contributed by atoms with Crippen molar-refractivity contribution in [2.45, 2.75) is 45.1 Å². The minimum absolute atomic E-state index is 0.112. The van der Waals surface area contributed by atoms with Crippen LogP contribution in [0.4, 0.5) is 0 Å². The van der Waals surface area contributed by atoms with Gasteiger partial charge in [0.1, 0.15) is 5.71 Å². The lowest BCUT2D eigenvalue weighted by molar-refractivity contribution is -0.140. The summed E-state index contributed by atoms with van der Waals surface area (Å²) in [5.74, 6) is -0.255. The maximum absolute atomic E-state index is 11.8. The van der Waals surface area contributed by atoms with Gasteiger partial charge < -0.3 is 9.40 Å². The van der Waals surface area contributed by atoms with Gasteiger partial charge in [0.25, 0.3) is 0 Å². The van der Waals surface area contributed by atoms with E-state index in [0.29, 0.717) is 6.04 Å². The second kappa shape index (κ2) is 5.32. The fraction of sp³-hybridized carbons (Fsp3) is 0.455. The molecule has 5 heterocycles. The first-order valence-electron chi connectivity index (χ1n) is 10.1. The van der Waals surface area contributed by atoms with Crippen LogP contribution in [0.2, 0.25) is 0 Å². The molecule has 2 aromatic rings. The van der Waals surface area contributed by atoms with Gasteiger partial charge in [-0.2, -0.15) is 0 Å². The molecule has 6 rings (SSSR count). The molecule has 0 saturated carbocycles. The number of hydrogen-bond donors (Lipinski definition) is 0. The van der Waals surface area contributed by atoms with Crippen molar-refractivity contribution < 1.29 is 9.63 Å². The van der Waals surface area contributed by atoms with Crippen LogP contribution in [0.25, 0.3) is 16.6 Å². The Morgan fingerprint density at radius 1 is 1.30 bits per heavy atom. The molecular formula is C22H23N3O2. The van der Waals surface area contributed by atoms with Gasteiger partial charge in [0.2, 0.25) is 0 Å². The minimum Gasteiger partial charge on any atom is -0.317 e. The van der Waals surface area contributed by atoms with E-state index < -0.39 is 0 Å². The van der Waals surface area contributed by atoms with Crippen molar-refractivity contribution in [1.29, 1.82) is 0 Å². The largest absolute Gasteiger partial charge is 0.341 e. The highest BCUT2D eigenvalue weighted by Crippen LogP contribution is 2.57. The van der Waals surface area contributed by atoms with Gasteiger partial charge in [-0.15, -0.1) is 0 Å². The Labute approximate surface area is 158 Å². The van der Waals surface area contributed by atoms with E-state index in [2.05, 4.69) is 51.9 Å². The summed E-state index contributed by atoms with van der Waals surface area (Å²) in [6.07, 6.45) is 7.30. The Morgan fingerprint density at radius 3 is 3.00 bits per heavy atom. The second-order valence-electron chi connectivity index (χ2n) is 8.30. The van der Waals surface area contributed by atoms with E-state index in [-0.39, 0.29) is 17.8 Å². The number of aromatic nitrogens is 1.